The molecule has 0 aliphatic carbocycles. The van der Waals surface area contributed by atoms with Crippen LogP contribution in [0.3, 0.4) is 0 Å². The van der Waals surface area contributed by atoms with Gasteiger partial charge < -0.3 is 15.0 Å². The Bertz CT molecular complexity index is 370. The number of aromatic amines is 1. The van der Waals surface area contributed by atoms with Gasteiger partial charge in [0.1, 0.15) is 5.69 Å². The van der Waals surface area contributed by atoms with Gasteiger partial charge in [-0.2, -0.15) is 0 Å². The molecule has 5 nitrogen and oxygen atoms in total. The molecule has 0 bridgehead atoms. The van der Waals surface area contributed by atoms with Crippen molar-refractivity contribution in [2.75, 3.05) is 20.2 Å². The van der Waals surface area contributed by atoms with Gasteiger partial charge >= 0.3 is 0 Å². The predicted molar refractivity (Wildman–Crippen MR) is 54.8 cm³/mol. The lowest BCUT2D eigenvalue weighted by molar-refractivity contribution is 0.0762. The Labute approximate surface area is 87.7 Å². The van der Waals surface area contributed by atoms with E-state index >= 15 is 0 Å². The van der Waals surface area contributed by atoms with Crippen molar-refractivity contribution in [2.45, 2.75) is 6.92 Å². The van der Waals surface area contributed by atoms with E-state index in [-0.39, 0.29) is 24.8 Å². The molecule has 82 valence electrons. The highest BCUT2D eigenvalue weighted by molar-refractivity contribution is 5.97. The molecule has 0 aliphatic rings. The second-order valence-electron chi connectivity index (χ2n) is 3.29. The van der Waals surface area contributed by atoms with Crippen LogP contribution in [0.25, 0.3) is 0 Å². The summed E-state index contributed by atoms with van der Waals surface area (Å²) in [7, 11) is 1.59. The number of carbonyl (C=O) groups excluding carboxylic acids is 2. The minimum Gasteiger partial charge on any atom is -0.395 e. The van der Waals surface area contributed by atoms with Gasteiger partial charge in [0.2, 0.25) is 0 Å². The number of nitrogens with zero attached hydrogens (tertiary/aromatic N) is 1. The molecule has 0 saturated heterocycles. The summed E-state index contributed by atoms with van der Waals surface area (Å²) >= 11 is 0. The molecule has 0 spiro atoms. The summed E-state index contributed by atoms with van der Waals surface area (Å²) < 4.78 is 0. The van der Waals surface area contributed by atoms with Gasteiger partial charge in [0, 0.05) is 20.5 Å². The van der Waals surface area contributed by atoms with E-state index in [0.717, 1.165) is 0 Å². The molecule has 1 aromatic rings. The lowest BCUT2D eigenvalue weighted by Crippen LogP contribution is -2.29. The fraction of sp³-hybridized carbons (Fsp3) is 0.400. The maximum absolute atomic E-state index is 11.6. The number of aliphatic hydroxyl groups excluding tert-OH is 1. The number of carbonyl (C=O) groups is 2. The molecule has 0 saturated carbocycles. The summed E-state index contributed by atoms with van der Waals surface area (Å²) in [4.78, 5) is 26.7. The number of amides is 1. The van der Waals surface area contributed by atoms with E-state index in [0.29, 0.717) is 11.4 Å². The highest BCUT2D eigenvalue weighted by Gasteiger charge is 2.13. The monoisotopic (exact) mass is 210 g/mol. The third-order valence-corrected chi connectivity index (χ3v) is 2.08. The van der Waals surface area contributed by atoms with Gasteiger partial charge in [-0.05, 0) is 12.1 Å². The molecule has 0 unspecified atom stereocenters. The van der Waals surface area contributed by atoms with Crippen LogP contribution in [0.4, 0.5) is 0 Å². The second kappa shape index (κ2) is 4.75. The molecule has 0 radical (unpaired) electrons. The minimum absolute atomic E-state index is 0.0808. The van der Waals surface area contributed by atoms with Crippen LogP contribution < -0.4 is 0 Å². The highest BCUT2D eigenvalue weighted by atomic mass is 16.3. The van der Waals surface area contributed by atoms with E-state index < -0.39 is 0 Å². The summed E-state index contributed by atoms with van der Waals surface area (Å²) in [5.74, 6) is -0.351. The van der Waals surface area contributed by atoms with E-state index in [2.05, 4.69) is 4.98 Å². The average molecular weight is 210 g/mol. The van der Waals surface area contributed by atoms with E-state index in [9.17, 15) is 9.59 Å². The van der Waals surface area contributed by atoms with Crippen molar-refractivity contribution in [1.82, 2.24) is 9.88 Å². The van der Waals surface area contributed by atoms with Gasteiger partial charge in [-0.1, -0.05) is 0 Å². The Hall–Kier alpha value is -1.62. The Morgan fingerprint density at radius 1 is 1.40 bits per heavy atom. The summed E-state index contributed by atoms with van der Waals surface area (Å²) in [6.07, 6.45) is 0. The molecule has 1 amide bonds. The van der Waals surface area contributed by atoms with Crippen LogP contribution in [0.15, 0.2) is 12.1 Å². The number of nitrogens with one attached hydrogen (secondary N) is 1. The molecule has 2 N–H and O–H groups in total. The van der Waals surface area contributed by atoms with Crippen molar-refractivity contribution in [3.8, 4) is 0 Å². The van der Waals surface area contributed by atoms with Crippen LogP contribution >= 0.6 is 0 Å². The average Bonchev–Trinajstić information content (AvgIpc) is 2.65. The number of Topliss-reactive ketones (excluding diaryl/α,β-unsaturated/α-hetero) is 1. The number of hydrogen-bond donors (Lipinski definition) is 2. The van der Waals surface area contributed by atoms with Crippen molar-refractivity contribution in [3.05, 3.63) is 23.5 Å². The lowest BCUT2D eigenvalue weighted by atomic mass is 10.3. The molecular weight excluding hydrogens is 196 g/mol. The summed E-state index contributed by atoms with van der Waals surface area (Å²) in [5, 5.41) is 8.67. The molecule has 1 rings (SSSR count). The Balaban J connectivity index is 2.78. The van der Waals surface area contributed by atoms with E-state index in [4.69, 9.17) is 5.11 Å². The molecule has 0 fully saturated rings. The van der Waals surface area contributed by atoms with Gasteiger partial charge in [0.25, 0.3) is 5.91 Å². The van der Waals surface area contributed by atoms with E-state index in [1.54, 1.807) is 19.2 Å². The number of likely N-dealkylation sites (N-methyl/N-ethyl adjacent to an activating group) is 1. The first-order valence-corrected chi connectivity index (χ1v) is 4.62. The van der Waals surface area contributed by atoms with Crippen molar-refractivity contribution in [1.29, 1.82) is 0 Å². The Morgan fingerprint density at radius 3 is 2.47 bits per heavy atom. The van der Waals surface area contributed by atoms with Gasteiger partial charge in [-0.15, -0.1) is 0 Å². The number of rotatable bonds is 4. The van der Waals surface area contributed by atoms with Gasteiger partial charge in [0.15, 0.2) is 5.78 Å². The zero-order valence-electron chi connectivity index (χ0n) is 8.78. The standard InChI is InChI=1S/C10H14N2O3/c1-7(14)8-3-4-9(11-8)10(15)12(2)5-6-13/h3-4,11,13H,5-6H2,1-2H3. The lowest BCUT2D eigenvalue weighted by Gasteiger charge is -2.14. The Kier molecular flexibility index (Phi) is 3.62. The maximum atomic E-state index is 11.6. The molecular formula is C10H14N2O3. The maximum Gasteiger partial charge on any atom is 0.270 e. The van der Waals surface area contributed by atoms with Crippen LogP contribution in [-0.4, -0.2) is 46.9 Å². The fourth-order valence-electron chi connectivity index (χ4n) is 1.18. The second-order valence-corrected chi connectivity index (χ2v) is 3.29. The summed E-state index contributed by atoms with van der Waals surface area (Å²) in [5.41, 5.74) is 0.770. The molecule has 0 aliphatic heterocycles. The first kappa shape index (κ1) is 11.5. The minimum atomic E-state index is -0.239. The molecule has 0 atom stereocenters. The van der Waals surface area contributed by atoms with Crippen molar-refractivity contribution >= 4 is 11.7 Å². The SMILES string of the molecule is CC(=O)c1ccc(C(=O)N(C)CCO)[nH]1. The van der Waals surface area contributed by atoms with Gasteiger partial charge in [-0.3, -0.25) is 9.59 Å². The number of aromatic nitrogens is 1. The van der Waals surface area contributed by atoms with Crippen molar-refractivity contribution in [2.24, 2.45) is 0 Å². The van der Waals surface area contributed by atoms with Crippen LogP contribution in [0.5, 0.6) is 0 Å². The molecule has 5 heteroatoms. The van der Waals surface area contributed by atoms with Crippen LogP contribution in [0, 0.1) is 0 Å². The van der Waals surface area contributed by atoms with Crippen molar-refractivity contribution in [3.63, 3.8) is 0 Å². The molecule has 1 heterocycles. The van der Waals surface area contributed by atoms with Crippen LogP contribution in [-0.2, 0) is 0 Å². The fourth-order valence-corrected chi connectivity index (χ4v) is 1.18. The van der Waals surface area contributed by atoms with Gasteiger partial charge in [0.05, 0.1) is 12.3 Å². The Morgan fingerprint density at radius 2 is 2.00 bits per heavy atom. The molecule has 0 aromatic carbocycles. The van der Waals surface area contributed by atoms with E-state index in [1.165, 1.54) is 11.8 Å². The number of hydrogen-bond acceptors (Lipinski definition) is 3. The van der Waals surface area contributed by atoms with Crippen LogP contribution in [0.1, 0.15) is 27.9 Å². The largest absolute Gasteiger partial charge is 0.395 e. The third kappa shape index (κ3) is 2.66. The first-order valence-electron chi connectivity index (χ1n) is 4.62. The first-order chi connectivity index (χ1) is 7.06. The normalized spacial score (nSPS) is 10.1. The zero-order valence-corrected chi connectivity index (χ0v) is 8.78. The van der Waals surface area contributed by atoms with Crippen molar-refractivity contribution < 1.29 is 14.7 Å². The quantitative estimate of drug-likeness (QED) is 0.701. The number of ketones is 1. The van der Waals surface area contributed by atoms with Gasteiger partial charge in [-0.25, -0.2) is 0 Å². The zero-order chi connectivity index (χ0) is 11.4. The molecule has 15 heavy (non-hydrogen) atoms. The van der Waals surface area contributed by atoms with Crippen LogP contribution in [0.2, 0.25) is 0 Å². The predicted octanol–water partition coefficient (Wildman–Crippen LogP) is 0.282. The third-order valence-electron chi connectivity index (χ3n) is 2.08. The summed E-state index contributed by atoms with van der Waals surface area (Å²) in [6.45, 7) is 1.62. The highest BCUT2D eigenvalue weighted by Crippen LogP contribution is 2.05. The number of aliphatic hydroxyl groups is 1. The summed E-state index contributed by atoms with van der Waals surface area (Å²) in [6, 6.07) is 3.13. The number of H-pyrrole nitrogens is 1. The van der Waals surface area contributed by atoms with E-state index in [1.807, 2.05) is 0 Å². The smallest absolute Gasteiger partial charge is 0.270 e. The molecule has 1 aromatic heterocycles. The topological polar surface area (TPSA) is 73.4 Å².